The number of pyridine rings is 1. The van der Waals surface area contributed by atoms with Gasteiger partial charge >= 0.3 is 0 Å². The molecule has 0 radical (unpaired) electrons. The van der Waals surface area contributed by atoms with Crippen molar-refractivity contribution in [1.82, 2.24) is 10.3 Å². The van der Waals surface area contributed by atoms with Crippen LogP contribution in [0.5, 0.6) is 11.5 Å². The molecule has 1 heterocycles. The van der Waals surface area contributed by atoms with Crippen LogP contribution in [-0.2, 0) is 4.79 Å². The van der Waals surface area contributed by atoms with Crippen LogP contribution in [0.4, 0.5) is 5.69 Å². The first kappa shape index (κ1) is 17.5. The summed E-state index contributed by atoms with van der Waals surface area (Å²) < 4.78 is 0. The maximum Gasteiger partial charge on any atom is 0.217 e. The first-order valence-corrected chi connectivity index (χ1v) is 8.22. The van der Waals surface area contributed by atoms with Crippen molar-refractivity contribution in [1.29, 1.82) is 0 Å². The van der Waals surface area contributed by atoms with E-state index < -0.39 is 6.04 Å². The van der Waals surface area contributed by atoms with E-state index in [0.29, 0.717) is 16.5 Å². The zero-order valence-corrected chi connectivity index (χ0v) is 14.9. The second-order valence-electron chi connectivity index (χ2n) is 6.35. The highest BCUT2D eigenvalue weighted by molar-refractivity contribution is 5.91. The molecule has 1 aromatic heterocycles. The van der Waals surface area contributed by atoms with Crippen LogP contribution in [0.15, 0.2) is 48.7 Å². The van der Waals surface area contributed by atoms with Gasteiger partial charge in [-0.05, 0) is 35.9 Å². The third-order valence-corrected chi connectivity index (χ3v) is 4.28. The number of hydrogen-bond acceptors (Lipinski definition) is 5. The van der Waals surface area contributed by atoms with E-state index in [1.54, 1.807) is 18.3 Å². The molecule has 0 bridgehead atoms. The van der Waals surface area contributed by atoms with Gasteiger partial charge in [0.1, 0.15) is 17.0 Å². The number of nitrogens with one attached hydrogen (secondary N) is 1. The van der Waals surface area contributed by atoms with E-state index in [0.717, 1.165) is 11.3 Å². The first-order chi connectivity index (χ1) is 12.4. The van der Waals surface area contributed by atoms with Crippen molar-refractivity contribution in [3.8, 4) is 11.5 Å². The summed E-state index contributed by atoms with van der Waals surface area (Å²) in [6, 6.07) is 11.9. The molecule has 1 amide bonds. The van der Waals surface area contributed by atoms with Gasteiger partial charge in [-0.3, -0.25) is 9.78 Å². The SMILES string of the molecule is CC(=O)NC(c1ccc(N(C)C)cc1)c1cc(O)c2cccnc2c1O. The number of fused-ring (bicyclic) bond motifs is 1. The quantitative estimate of drug-likeness (QED) is 0.629. The molecule has 0 aliphatic rings. The van der Waals surface area contributed by atoms with E-state index in [4.69, 9.17) is 0 Å². The fraction of sp³-hybridized carbons (Fsp3) is 0.200. The molecular weight excluding hydrogens is 330 g/mol. The van der Waals surface area contributed by atoms with E-state index in [-0.39, 0.29) is 17.4 Å². The van der Waals surface area contributed by atoms with Crippen molar-refractivity contribution in [3.63, 3.8) is 0 Å². The maximum atomic E-state index is 11.8. The van der Waals surface area contributed by atoms with Gasteiger partial charge in [0.15, 0.2) is 0 Å². The lowest BCUT2D eigenvalue weighted by Crippen LogP contribution is -2.27. The summed E-state index contributed by atoms with van der Waals surface area (Å²) in [6.07, 6.45) is 1.55. The Bertz CT molecular complexity index is 952. The number of nitrogens with zero attached hydrogens (tertiary/aromatic N) is 2. The summed E-state index contributed by atoms with van der Waals surface area (Å²) in [5.41, 5.74) is 2.49. The van der Waals surface area contributed by atoms with Gasteiger partial charge in [0.05, 0.1) is 6.04 Å². The molecule has 2 aromatic carbocycles. The Labute approximate surface area is 151 Å². The Morgan fingerprint density at radius 1 is 1.15 bits per heavy atom. The van der Waals surface area contributed by atoms with Crippen LogP contribution < -0.4 is 10.2 Å². The van der Waals surface area contributed by atoms with Gasteiger partial charge in [-0.25, -0.2) is 0 Å². The first-order valence-electron chi connectivity index (χ1n) is 8.22. The van der Waals surface area contributed by atoms with Crippen LogP contribution >= 0.6 is 0 Å². The van der Waals surface area contributed by atoms with Gasteiger partial charge in [0.2, 0.25) is 5.91 Å². The number of phenolic OH excluding ortho intramolecular Hbond substituents is 2. The Hall–Kier alpha value is -3.28. The number of carbonyl (C=O) groups excluding carboxylic acids is 1. The van der Waals surface area contributed by atoms with Gasteiger partial charge in [-0.2, -0.15) is 0 Å². The van der Waals surface area contributed by atoms with Crippen LogP contribution in [0.1, 0.15) is 24.1 Å². The standard InChI is InChI=1S/C20H21N3O3/c1-12(24)22-18(13-6-8-14(9-7-13)23(2)3)16-11-17(25)15-5-4-10-21-19(15)20(16)26/h4-11,18,25-26H,1-3H3,(H,22,24). The van der Waals surface area contributed by atoms with E-state index >= 15 is 0 Å². The lowest BCUT2D eigenvalue weighted by Gasteiger charge is -2.22. The molecule has 0 spiro atoms. The Morgan fingerprint density at radius 3 is 2.46 bits per heavy atom. The summed E-state index contributed by atoms with van der Waals surface area (Å²) in [5.74, 6) is -0.304. The maximum absolute atomic E-state index is 11.8. The number of hydrogen-bond donors (Lipinski definition) is 3. The van der Waals surface area contributed by atoms with Gasteiger partial charge in [0, 0.05) is 43.9 Å². The summed E-state index contributed by atoms with van der Waals surface area (Å²) >= 11 is 0. The fourth-order valence-corrected chi connectivity index (χ4v) is 2.96. The number of rotatable bonds is 4. The van der Waals surface area contributed by atoms with E-state index in [1.165, 1.54) is 13.0 Å². The van der Waals surface area contributed by atoms with E-state index in [1.807, 2.05) is 43.3 Å². The molecule has 134 valence electrons. The van der Waals surface area contributed by atoms with Crippen molar-refractivity contribution in [2.24, 2.45) is 0 Å². The van der Waals surface area contributed by atoms with Crippen molar-refractivity contribution in [2.45, 2.75) is 13.0 Å². The van der Waals surface area contributed by atoms with Crippen molar-refractivity contribution in [3.05, 3.63) is 59.8 Å². The highest BCUT2D eigenvalue weighted by Crippen LogP contribution is 2.39. The molecule has 0 aliphatic heterocycles. The predicted molar refractivity (Wildman–Crippen MR) is 102 cm³/mol. The number of anilines is 1. The monoisotopic (exact) mass is 351 g/mol. The normalized spacial score (nSPS) is 12.0. The van der Waals surface area contributed by atoms with Gasteiger partial charge < -0.3 is 20.4 Å². The van der Waals surface area contributed by atoms with Crippen molar-refractivity contribution in [2.75, 3.05) is 19.0 Å². The molecule has 3 aromatic rings. The lowest BCUT2D eigenvalue weighted by atomic mass is 9.95. The predicted octanol–water partition coefficient (Wildman–Crippen LogP) is 2.94. The zero-order valence-electron chi connectivity index (χ0n) is 14.9. The summed E-state index contributed by atoms with van der Waals surface area (Å²) in [5, 5.41) is 24.4. The molecule has 1 unspecified atom stereocenters. The number of amides is 1. The minimum absolute atomic E-state index is 0.00108. The molecule has 6 nitrogen and oxygen atoms in total. The minimum atomic E-state index is -0.610. The fourth-order valence-electron chi connectivity index (χ4n) is 2.96. The molecule has 0 saturated carbocycles. The van der Waals surface area contributed by atoms with Crippen LogP contribution in [0.3, 0.4) is 0 Å². The summed E-state index contributed by atoms with van der Waals surface area (Å²) in [4.78, 5) is 17.9. The van der Waals surface area contributed by atoms with E-state index in [2.05, 4.69) is 10.3 Å². The van der Waals surface area contributed by atoms with Crippen LogP contribution in [0, 0.1) is 0 Å². The topological polar surface area (TPSA) is 85.7 Å². The molecular formula is C20H21N3O3. The Kier molecular flexibility index (Phi) is 4.67. The van der Waals surface area contributed by atoms with Crippen LogP contribution in [0.2, 0.25) is 0 Å². The molecule has 0 aliphatic carbocycles. The second-order valence-corrected chi connectivity index (χ2v) is 6.35. The van der Waals surface area contributed by atoms with E-state index in [9.17, 15) is 15.0 Å². The van der Waals surface area contributed by atoms with Crippen LogP contribution in [0.25, 0.3) is 10.9 Å². The molecule has 26 heavy (non-hydrogen) atoms. The molecule has 0 saturated heterocycles. The number of carbonyl (C=O) groups is 1. The molecule has 0 fully saturated rings. The highest BCUT2D eigenvalue weighted by atomic mass is 16.3. The summed E-state index contributed by atoms with van der Waals surface area (Å²) in [6.45, 7) is 1.41. The molecule has 1 atom stereocenters. The van der Waals surface area contributed by atoms with Crippen molar-refractivity contribution < 1.29 is 15.0 Å². The second kappa shape index (κ2) is 6.92. The number of benzene rings is 2. The third kappa shape index (κ3) is 3.26. The largest absolute Gasteiger partial charge is 0.507 e. The average Bonchev–Trinajstić information content (AvgIpc) is 2.63. The Balaban J connectivity index is 2.15. The Morgan fingerprint density at radius 2 is 1.85 bits per heavy atom. The third-order valence-electron chi connectivity index (χ3n) is 4.28. The molecule has 3 N–H and O–H groups in total. The molecule has 3 rings (SSSR count). The highest BCUT2D eigenvalue weighted by Gasteiger charge is 2.22. The number of phenols is 2. The molecule has 6 heteroatoms. The summed E-state index contributed by atoms with van der Waals surface area (Å²) in [7, 11) is 3.89. The minimum Gasteiger partial charge on any atom is -0.507 e. The van der Waals surface area contributed by atoms with Crippen molar-refractivity contribution >= 4 is 22.5 Å². The smallest absolute Gasteiger partial charge is 0.217 e. The van der Waals surface area contributed by atoms with Gasteiger partial charge in [-0.1, -0.05) is 12.1 Å². The number of aromatic nitrogens is 1. The lowest BCUT2D eigenvalue weighted by molar-refractivity contribution is -0.119. The average molecular weight is 351 g/mol. The van der Waals surface area contributed by atoms with Gasteiger partial charge in [0.25, 0.3) is 0 Å². The number of aromatic hydroxyl groups is 2. The van der Waals surface area contributed by atoms with Gasteiger partial charge in [-0.15, -0.1) is 0 Å². The van der Waals surface area contributed by atoms with Crippen LogP contribution in [-0.4, -0.2) is 35.2 Å². The zero-order chi connectivity index (χ0) is 18.8.